The van der Waals surface area contributed by atoms with E-state index in [0.29, 0.717) is 12.1 Å². The molecule has 4 heteroatoms. The van der Waals surface area contributed by atoms with Crippen molar-refractivity contribution < 1.29 is 4.79 Å². The second-order valence-electron chi connectivity index (χ2n) is 7.00. The Morgan fingerprint density at radius 2 is 1.78 bits per heavy atom. The molecule has 0 spiro atoms. The number of carbonyl (C=O) groups excluding carboxylic acids is 1. The molecule has 4 nitrogen and oxygen atoms in total. The summed E-state index contributed by atoms with van der Waals surface area (Å²) in [5, 5.41) is 0. The first-order chi connectivity index (χ1) is 11.2. The summed E-state index contributed by atoms with van der Waals surface area (Å²) in [6.45, 7) is 2.38. The summed E-state index contributed by atoms with van der Waals surface area (Å²) in [4.78, 5) is 17.4. The number of amides is 1. The van der Waals surface area contributed by atoms with Crippen molar-refractivity contribution in [3.05, 3.63) is 35.9 Å². The lowest BCUT2D eigenvalue weighted by Gasteiger charge is -2.43. The molecule has 1 aromatic carbocycles. The number of likely N-dealkylation sites (N-methyl/N-ethyl adjacent to an activating group) is 1. The Kier molecular flexibility index (Phi) is 5.34. The highest BCUT2D eigenvalue weighted by Gasteiger charge is 2.36. The van der Waals surface area contributed by atoms with Crippen molar-refractivity contribution in [1.29, 1.82) is 0 Å². The molecule has 0 radical (unpaired) electrons. The van der Waals surface area contributed by atoms with E-state index >= 15 is 0 Å². The summed E-state index contributed by atoms with van der Waals surface area (Å²) in [6.07, 6.45) is 7.40. The molecule has 0 aromatic heterocycles. The molecule has 1 aliphatic carbocycles. The Hall–Kier alpha value is -1.39. The van der Waals surface area contributed by atoms with Crippen LogP contribution in [0.25, 0.3) is 0 Å². The highest BCUT2D eigenvalue weighted by atomic mass is 16.2. The fourth-order valence-electron chi connectivity index (χ4n) is 4.23. The second-order valence-corrected chi connectivity index (χ2v) is 7.00. The number of nitrogens with two attached hydrogens (primary N) is 1. The van der Waals surface area contributed by atoms with Gasteiger partial charge in [0, 0.05) is 19.1 Å². The number of rotatable bonds is 4. The first kappa shape index (κ1) is 16.5. The van der Waals surface area contributed by atoms with Crippen LogP contribution in [-0.2, 0) is 4.79 Å². The maximum atomic E-state index is 12.9. The zero-order valence-electron chi connectivity index (χ0n) is 14.2. The number of benzene rings is 1. The van der Waals surface area contributed by atoms with Crippen molar-refractivity contribution in [3.8, 4) is 0 Å². The zero-order valence-corrected chi connectivity index (χ0v) is 14.2. The van der Waals surface area contributed by atoms with Crippen LogP contribution >= 0.6 is 0 Å². The lowest BCUT2D eigenvalue weighted by atomic mass is 9.88. The van der Waals surface area contributed by atoms with Crippen molar-refractivity contribution in [2.45, 2.75) is 56.7 Å². The van der Waals surface area contributed by atoms with E-state index in [0.717, 1.165) is 12.0 Å². The third kappa shape index (κ3) is 3.59. The molecule has 3 rings (SSSR count). The molecule has 2 aliphatic rings. The minimum atomic E-state index is -0.553. The lowest BCUT2D eigenvalue weighted by molar-refractivity contribution is -0.135. The third-order valence-corrected chi connectivity index (χ3v) is 5.57. The van der Waals surface area contributed by atoms with E-state index in [1.807, 2.05) is 42.3 Å². The average molecular weight is 315 g/mol. The molecule has 1 heterocycles. The molecule has 126 valence electrons. The third-order valence-electron chi connectivity index (χ3n) is 5.57. The van der Waals surface area contributed by atoms with Crippen molar-refractivity contribution >= 4 is 5.91 Å². The molecule has 23 heavy (non-hydrogen) atoms. The van der Waals surface area contributed by atoms with Gasteiger partial charge in [-0.2, -0.15) is 0 Å². The minimum Gasteiger partial charge on any atom is -0.340 e. The first-order valence-electron chi connectivity index (χ1n) is 8.99. The molecular weight excluding hydrogens is 286 g/mol. The SMILES string of the molecule is CN(C(=O)[C@H](N)c1ccccc1)[C@H]1CCCC[C@@H]1N1CCCC1. The van der Waals surface area contributed by atoms with E-state index in [-0.39, 0.29) is 5.91 Å². The summed E-state index contributed by atoms with van der Waals surface area (Å²) >= 11 is 0. The van der Waals surface area contributed by atoms with Gasteiger partial charge in [0.25, 0.3) is 0 Å². The second kappa shape index (κ2) is 7.45. The molecule has 1 amide bonds. The molecule has 0 bridgehead atoms. The van der Waals surface area contributed by atoms with Crippen LogP contribution in [0.15, 0.2) is 30.3 Å². The molecule has 2 fully saturated rings. The summed E-state index contributed by atoms with van der Waals surface area (Å²) in [5.74, 6) is 0.0484. The molecule has 0 unspecified atom stereocenters. The van der Waals surface area contributed by atoms with Crippen LogP contribution in [0.4, 0.5) is 0 Å². The van der Waals surface area contributed by atoms with Gasteiger partial charge in [0.05, 0.1) is 0 Å². The number of hydrogen-bond acceptors (Lipinski definition) is 3. The lowest BCUT2D eigenvalue weighted by Crippen LogP contribution is -2.54. The fourth-order valence-corrected chi connectivity index (χ4v) is 4.23. The van der Waals surface area contributed by atoms with Gasteiger partial charge in [-0.1, -0.05) is 43.2 Å². The smallest absolute Gasteiger partial charge is 0.244 e. The predicted octanol–water partition coefficient (Wildman–Crippen LogP) is 2.55. The van der Waals surface area contributed by atoms with Gasteiger partial charge in [0.1, 0.15) is 6.04 Å². The maximum Gasteiger partial charge on any atom is 0.244 e. The van der Waals surface area contributed by atoms with E-state index in [1.165, 1.54) is 45.2 Å². The van der Waals surface area contributed by atoms with E-state index in [1.54, 1.807) is 0 Å². The van der Waals surface area contributed by atoms with E-state index < -0.39 is 6.04 Å². The average Bonchev–Trinajstić information content (AvgIpc) is 3.15. The van der Waals surface area contributed by atoms with Gasteiger partial charge in [-0.3, -0.25) is 9.69 Å². The van der Waals surface area contributed by atoms with Crippen molar-refractivity contribution in [2.75, 3.05) is 20.1 Å². The van der Waals surface area contributed by atoms with Crippen LogP contribution in [0, 0.1) is 0 Å². The van der Waals surface area contributed by atoms with Gasteiger partial charge in [-0.15, -0.1) is 0 Å². The summed E-state index contributed by atoms with van der Waals surface area (Å²) < 4.78 is 0. The van der Waals surface area contributed by atoms with E-state index in [2.05, 4.69) is 4.90 Å². The molecule has 3 atom stereocenters. The van der Waals surface area contributed by atoms with Gasteiger partial charge >= 0.3 is 0 Å². The zero-order chi connectivity index (χ0) is 16.2. The van der Waals surface area contributed by atoms with Crippen LogP contribution in [-0.4, -0.2) is 47.9 Å². The monoisotopic (exact) mass is 315 g/mol. The number of hydrogen-bond donors (Lipinski definition) is 1. The highest BCUT2D eigenvalue weighted by molar-refractivity contribution is 5.83. The summed E-state index contributed by atoms with van der Waals surface area (Å²) in [6, 6.07) is 9.99. The fraction of sp³-hybridized carbons (Fsp3) is 0.632. The van der Waals surface area contributed by atoms with E-state index in [4.69, 9.17) is 5.73 Å². The summed E-state index contributed by atoms with van der Waals surface area (Å²) in [7, 11) is 1.95. The topological polar surface area (TPSA) is 49.6 Å². The molecule has 1 saturated heterocycles. The molecule has 1 aliphatic heterocycles. The first-order valence-corrected chi connectivity index (χ1v) is 8.99. The van der Waals surface area contributed by atoms with Gasteiger partial charge in [0.2, 0.25) is 5.91 Å². The van der Waals surface area contributed by atoms with Crippen molar-refractivity contribution in [1.82, 2.24) is 9.80 Å². The largest absolute Gasteiger partial charge is 0.340 e. The van der Waals surface area contributed by atoms with Crippen LogP contribution in [0.5, 0.6) is 0 Å². The number of carbonyl (C=O) groups is 1. The number of nitrogens with zero attached hydrogens (tertiary/aromatic N) is 2. The Bertz CT molecular complexity index is 513. The molecule has 2 N–H and O–H groups in total. The Morgan fingerprint density at radius 1 is 1.13 bits per heavy atom. The van der Waals surface area contributed by atoms with Crippen molar-refractivity contribution in [3.63, 3.8) is 0 Å². The molecular formula is C19H29N3O. The van der Waals surface area contributed by atoms with Crippen LogP contribution < -0.4 is 5.73 Å². The summed E-state index contributed by atoms with van der Waals surface area (Å²) in [5.41, 5.74) is 7.14. The molecule has 1 saturated carbocycles. The van der Waals surface area contributed by atoms with E-state index in [9.17, 15) is 4.79 Å². The molecule has 1 aromatic rings. The maximum absolute atomic E-state index is 12.9. The number of likely N-dealkylation sites (tertiary alicyclic amines) is 1. The normalized spacial score (nSPS) is 26.9. The minimum absolute atomic E-state index is 0.0484. The van der Waals surface area contributed by atoms with Gasteiger partial charge in [0.15, 0.2) is 0 Å². The Labute approximate surface area is 139 Å². The van der Waals surface area contributed by atoms with Gasteiger partial charge < -0.3 is 10.6 Å². The standard InChI is InChI=1S/C19H29N3O/c1-21(19(23)18(20)15-9-3-2-4-10-15)16-11-5-6-12-17(16)22-13-7-8-14-22/h2-4,9-10,16-18H,5-8,11-14,20H2,1H3/t16-,17-,18+/m0/s1. The Balaban J connectivity index is 1.71. The Morgan fingerprint density at radius 3 is 2.48 bits per heavy atom. The van der Waals surface area contributed by atoms with Crippen molar-refractivity contribution in [2.24, 2.45) is 5.73 Å². The highest BCUT2D eigenvalue weighted by Crippen LogP contribution is 2.30. The van der Waals surface area contributed by atoms with Crippen LogP contribution in [0.2, 0.25) is 0 Å². The quantitative estimate of drug-likeness (QED) is 0.929. The van der Waals surface area contributed by atoms with Crippen LogP contribution in [0.1, 0.15) is 50.1 Å². The van der Waals surface area contributed by atoms with Gasteiger partial charge in [-0.25, -0.2) is 0 Å². The van der Waals surface area contributed by atoms with Gasteiger partial charge in [-0.05, 0) is 44.3 Å². The van der Waals surface area contributed by atoms with Crippen LogP contribution in [0.3, 0.4) is 0 Å². The predicted molar refractivity (Wildman–Crippen MR) is 93.0 cm³/mol.